The van der Waals surface area contributed by atoms with Crippen LogP contribution < -0.4 is 10.6 Å². The topological polar surface area (TPSA) is 95.5 Å². The minimum Gasteiger partial charge on any atom is -0.480 e. The van der Waals surface area contributed by atoms with Gasteiger partial charge in [-0.15, -0.1) is 0 Å². The van der Waals surface area contributed by atoms with Crippen LogP contribution in [0.3, 0.4) is 0 Å². The first-order valence-corrected chi connectivity index (χ1v) is 9.30. The van der Waals surface area contributed by atoms with Crippen LogP contribution in [0.15, 0.2) is 48.5 Å². The Hall–Kier alpha value is -2.57. The van der Waals surface area contributed by atoms with Crippen LogP contribution in [0.1, 0.15) is 18.1 Å². The van der Waals surface area contributed by atoms with Gasteiger partial charge in [0.05, 0.1) is 0 Å². The van der Waals surface area contributed by atoms with Gasteiger partial charge in [-0.2, -0.15) is 0 Å². The summed E-state index contributed by atoms with van der Waals surface area (Å²) in [4.78, 5) is 35.8. The first-order valence-electron chi connectivity index (χ1n) is 8.54. The molecule has 0 aliphatic heterocycles. The maximum Gasteiger partial charge on any atom is 0.326 e. The molecule has 0 radical (unpaired) electrons. The van der Waals surface area contributed by atoms with Crippen molar-refractivity contribution in [3.05, 3.63) is 69.7 Å². The summed E-state index contributed by atoms with van der Waals surface area (Å²) < 4.78 is 0. The quantitative estimate of drug-likeness (QED) is 0.609. The Morgan fingerprint density at radius 1 is 0.964 bits per heavy atom. The molecule has 0 bridgehead atoms. The molecule has 2 aromatic carbocycles. The number of amides is 2. The molecule has 0 heterocycles. The first kappa shape index (κ1) is 21.7. The van der Waals surface area contributed by atoms with Crippen molar-refractivity contribution in [1.29, 1.82) is 0 Å². The summed E-state index contributed by atoms with van der Waals surface area (Å²) in [5.41, 5.74) is 1.38. The number of carboxylic acid groups (broad SMARTS) is 1. The number of aliphatic carboxylic acids is 1. The molecular weight excluding hydrogens is 403 g/mol. The average Bonchev–Trinajstić information content (AvgIpc) is 2.63. The number of carboxylic acids is 1. The fourth-order valence-corrected chi connectivity index (χ4v) is 3.17. The molecule has 8 heteroatoms. The fourth-order valence-electron chi connectivity index (χ4n) is 2.68. The maximum absolute atomic E-state index is 12.7. The van der Waals surface area contributed by atoms with Gasteiger partial charge in [0.1, 0.15) is 12.1 Å². The Labute approximate surface area is 172 Å². The van der Waals surface area contributed by atoms with E-state index in [1.807, 2.05) is 30.3 Å². The lowest BCUT2D eigenvalue weighted by Gasteiger charge is -2.21. The summed E-state index contributed by atoms with van der Waals surface area (Å²) in [7, 11) is 0. The highest BCUT2D eigenvalue weighted by Gasteiger charge is 2.27. The fraction of sp³-hybridized carbons (Fsp3) is 0.250. The van der Waals surface area contributed by atoms with Crippen molar-refractivity contribution in [2.24, 2.45) is 0 Å². The van der Waals surface area contributed by atoms with Crippen LogP contribution in [0.2, 0.25) is 10.0 Å². The van der Waals surface area contributed by atoms with Gasteiger partial charge >= 0.3 is 5.97 Å². The Balaban J connectivity index is 2.14. The molecule has 148 valence electrons. The van der Waals surface area contributed by atoms with Crippen LogP contribution in [0.25, 0.3) is 0 Å². The second kappa shape index (κ2) is 10.1. The zero-order valence-corrected chi connectivity index (χ0v) is 16.6. The molecule has 3 N–H and O–H groups in total. The van der Waals surface area contributed by atoms with Gasteiger partial charge in [-0.05, 0) is 23.3 Å². The molecule has 0 aliphatic rings. The number of benzene rings is 2. The normalized spacial score (nSPS) is 12.7. The molecule has 0 saturated heterocycles. The number of nitrogens with one attached hydrogen (secondary N) is 2. The van der Waals surface area contributed by atoms with E-state index in [-0.39, 0.29) is 18.7 Å². The number of carbonyl (C=O) groups excluding carboxylic acids is 2. The van der Waals surface area contributed by atoms with Crippen LogP contribution in [-0.2, 0) is 27.2 Å². The Morgan fingerprint density at radius 2 is 1.64 bits per heavy atom. The van der Waals surface area contributed by atoms with Crippen LogP contribution in [0.5, 0.6) is 0 Å². The van der Waals surface area contributed by atoms with E-state index in [4.69, 9.17) is 23.2 Å². The van der Waals surface area contributed by atoms with E-state index in [9.17, 15) is 19.5 Å². The predicted octanol–water partition coefficient (Wildman–Crippen LogP) is 2.85. The lowest BCUT2D eigenvalue weighted by Crippen LogP contribution is -2.52. The molecular formula is C20H20Cl2N2O4. The summed E-state index contributed by atoms with van der Waals surface area (Å²) >= 11 is 12.0. The average molecular weight is 423 g/mol. The molecule has 6 nitrogen and oxygen atoms in total. The van der Waals surface area contributed by atoms with E-state index in [1.165, 1.54) is 13.0 Å². The highest BCUT2D eigenvalue weighted by molar-refractivity contribution is 6.35. The molecule has 0 aliphatic carbocycles. The van der Waals surface area contributed by atoms with Gasteiger partial charge in [0.25, 0.3) is 0 Å². The summed E-state index contributed by atoms with van der Waals surface area (Å²) in [6, 6.07) is 11.7. The second-order valence-corrected chi connectivity index (χ2v) is 7.13. The minimum atomic E-state index is -1.21. The van der Waals surface area contributed by atoms with E-state index >= 15 is 0 Å². The number of carbonyl (C=O) groups is 3. The summed E-state index contributed by atoms with van der Waals surface area (Å²) in [6.45, 7) is 1.30. The van der Waals surface area contributed by atoms with Crippen LogP contribution in [-0.4, -0.2) is 35.0 Å². The van der Waals surface area contributed by atoms with Crippen molar-refractivity contribution in [3.63, 3.8) is 0 Å². The third kappa shape index (κ3) is 6.55. The summed E-state index contributed by atoms with van der Waals surface area (Å²) in [5.74, 6) is -2.18. The predicted molar refractivity (Wildman–Crippen MR) is 107 cm³/mol. The van der Waals surface area contributed by atoms with Crippen molar-refractivity contribution < 1.29 is 19.5 Å². The molecule has 0 spiro atoms. The highest BCUT2D eigenvalue weighted by atomic mass is 35.5. The standard InChI is InChI=1S/C20H20Cl2N2O4/c1-12(25)23-17(9-13-5-3-2-4-6-13)19(26)24-18(20(27)28)10-14-7-8-15(21)11-16(14)22/h2-8,11,17-18H,9-10H2,1H3,(H,23,25)(H,24,26)(H,27,28)/t17-,18-/m0/s1. The SMILES string of the molecule is CC(=O)N[C@@H](Cc1ccccc1)C(=O)N[C@@H](Cc1ccc(Cl)cc1Cl)C(=O)O. The number of hydrogen-bond donors (Lipinski definition) is 3. The molecule has 0 fully saturated rings. The van der Waals surface area contributed by atoms with Gasteiger partial charge in [0.2, 0.25) is 11.8 Å². The molecule has 2 rings (SSSR count). The third-order valence-electron chi connectivity index (χ3n) is 4.03. The Morgan fingerprint density at radius 3 is 2.21 bits per heavy atom. The minimum absolute atomic E-state index is 0.0186. The van der Waals surface area contributed by atoms with Gasteiger partial charge in [0.15, 0.2) is 0 Å². The van der Waals surface area contributed by atoms with Gasteiger partial charge in [-0.3, -0.25) is 9.59 Å². The maximum atomic E-state index is 12.7. The van der Waals surface area contributed by atoms with E-state index in [1.54, 1.807) is 12.1 Å². The molecule has 0 saturated carbocycles. The summed E-state index contributed by atoms with van der Waals surface area (Å²) in [5, 5.41) is 15.3. The second-order valence-electron chi connectivity index (χ2n) is 6.28. The van der Waals surface area contributed by atoms with Crippen molar-refractivity contribution in [2.45, 2.75) is 31.8 Å². The Bertz CT molecular complexity index is 859. The van der Waals surface area contributed by atoms with E-state index in [0.29, 0.717) is 15.6 Å². The number of rotatable bonds is 8. The molecule has 0 aromatic heterocycles. The van der Waals surface area contributed by atoms with Crippen LogP contribution in [0, 0.1) is 0 Å². The molecule has 2 aromatic rings. The van der Waals surface area contributed by atoms with E-state index < -0.39 is 24.0 Å². The first-order chi connectivity index (χ1) is 13.3. The molecule has 2 amide bonds. The largest absolute Gasteiger partial charge is 0.480 e. The highest BCUT2D eigenvalue weighted by Crippen LogP contribution is 2.22. The lowest BCUT2D eigenvalue weighted by molar-refractivity contribution is -0.142. The van der Waals surface area contributed by atoms with Crippen molar-refractivity contribution in [2.75, 3.05) is 0 Å². The van der Waals surface area contributed by atoms with Crippen molar-refractivity contribution in [3.8, 4) is 0 Å². The Kier molecular flexibility index (Phi) is 7.84. The lowest BCUT2D eigenvalue weighted by atomic mass is 10.0. The van der Waals surface area contributed by atoms with Crippen molar-refractivity contribution in [1.82, 2.24) is 10.6 Å². The zero-order chi connectivity index (χ0) is 20.7. The number of hydrogen-bond acceptors (Lipinski definition) is 3. The van der Waals surface area contributed by atoms with Crippen LogP contribution >= 0.6 is 23.2 Å². The van der Waals surface area contributed by atoms with Gasteiger partial charge in [-0.25, -0.2) is 4.79 Å². The number of halogens is 2. The molecule has 2 atom stereocenters. The summed E-state index contributed by atoms with van der Waals surface area (Å²) in [6.07, 6.45) is 0.218. The van der Waals surface area contributed by atoms with Gasteiger partial charge < -0.3 is 15.7 Å². The third-order valence-corrected chi connectivity index (χ3v) is 4.62. The van der Waals surface area contributed by atoms with Crippen molar-refractivity contribution >= 4 is 41.0 Å². The smallest absolute Gasteiger partial charge is 0.326 e. The van der Waals surface area contributed by atoms with E-state index in [0.717, 1.165) is 5.56 Å². The van der Waals surface area contributed by atoms with Gasteiger partial charge in [-0.1, -0.05) is 59.6 Å². The van der Waals surface area contributed by atoms with E-state index in [2.05, 4.69) is 10.6 Å². The monoisotopic (exact) mass is 422 g/mol. The molecule has 0 unspecified atom stereocenters. The zero-order valence-electron chi connectivity index (χ0n) is 15.1. The molecule has 28 heavy (non-hydrogen) atoms. The van der Waals surface area contributed by atoms with Crippen LogP contribution in [0.4, 0.5) is 0 Å². The van der Waals surface area contributed by atoms with Gasteiger partial charge in [0, 0.05) is 29.8 Å².